The highest BCUT2D eigenvalue weighted by molar-refractivity contribution is 7.52. The van der Waals surface area contributed by atoms with Crippen LogP contribution in [-0.2, 0) is 37.7 Å². The fraction of sp³-hybridized carbons (Fsp3) is 0.519. The minimum absolute atomic E-state index is 0.00417. The number of para-hydroxylation sites is 1. The number of esters is 1. The molecule has 15 heteroatoms. The number of rotatable bonds is 3. The molecule has 4 amide bonds. The predicted octanol–water partition coefficient (Wildman–Crippen LogP) is 2.88. The Hall–Kier alpha value is -3.29. The molecule has 13 nitrogen and oxygen atoms in total. The smallest absolute Gasteiger partial charge is 0.464 e. The van der Waals surface area contributed by atoms with Crippen LogP contribution in [0.5, 0.6) is 5.75 Å². The molecular weight excluding hydrogens is 576 g/mol. The van der Waals surface area contributed by atoms with Gasteiger partial charge in [0.2, 0.25) is 11.9 Å². The fourth-order valence-corrected chi connectivity index (χ4v) is 6.31. The lowest BCUT2D eigenvalue weighted by molar-refractivity contribution is -0.545. The van der Waals surface area contributed by atoms with Crippen molar-refractivity contribution in [2.45, 2.75) is 69.7 Å². The number of alkyl halides is 1. The fourth-order valence-electron chi connectivity index (χ4n) is 4.81. The predicted molar refractivity (Wildman–Crippen MR) is 144 cm³/mol. The first-order valence-corrected chi connectivity index (χ1v) is 15.0. The molecular formula is C27H34FN3O10P+. The molecule has 1 N–H and O–H groups in total. The quantitative estimate of drug-likeness (QED) is 0.177. The van der Waals surface area contributed by atoms with Crippen molar-refractivity contribution >= 4 is 37.8 Å². The second-order valence-electron chi connectivity index (χ2n) is 10.0. The Kier molecular flexibility index (Phi) is 10.1. The first-order chi connectivity index (χ1) is 20.0. The van der Waals surface area contributed by atoms with Crippen molar-refractivity contribution in [3.8, 4) is 5.75 Å². The minimum atomic E-state index is -4.32. The molecule has 0 radical (unpaired) electrons. The standard InChI is InChI=1S/C27H34FN3O10P/c1-18-24(34)38-16-10-5-4-9-13-21(32)31-22(33)14-15-30(26(31)35)25-27(2,28)23(37-3)20(40-25)17-39-42(36,29-18)41-19-11-7-6-8-12-19/h4-8,11-12,15,18,20,23,25H,9-10,13-14,16-17H2,1-3H3,(H,29,36)/q+1/t18-,20?,23+,25?,27+,42?/m0/s1. The molecule has 3 unspecified atom stereocenters. The summed E-state index contributed by atoms with van der Waals surface area (Å²) in [7, 11) is -3.09. The molecule has 0 aliphatic carbocycles. The van der Waals surface area contributed by atoms with Gasteiger partial charge in [0, 0.05) is 7.11 Å². The van der Waals surface area contributed by atoms with Gasteiger partial charge in [-0.2, -0.15) is 14.5 Å². The van der Waals surface area contributed by atoms with Gasteiger partial charge in [-0.1, -0.05) is 35.3 Å². The summed E-state index contributed by atoms with van der Waals surface area (Å²) in [5.41, 5.74) is -2.36. The van der Waals surface area contributed by atoms with Crippen LogP contribution in [0, 0.1) is 0 Å². The van der Waals surface area contributed by atoms with E-state index in [9.17, 15) is 23.7 Å². The van der Waals surface area contributed by atoms with Crippen molar-refractivity contribution in [2.75, 3.05) is 20.3 Å². The maximum Gasteiger partial charge on any atom is 0.510 e. The van der Waals surface area contributed by atoms with E-state index < -0.39 is 68.3 Å². The van der Waals surface area contributed by atoms with Crippen LogP contribution < -0.4 is 9.61 Å². The second-order valence-corrected chi connectivity index (χ2v) is 11.7. The highest BCUT2D eigenvalue weighted by Crippen LogP contribution is 2.47. The number of hydrogen-bond donors (Lipinski definition) is 1. The van der Waals surface area contributed by atoms with Crippen LogP contribution in [0.4, 0.5) is 9.18 Å². The van der Waals surface area contributed by atoms with E-state index in [1.54, 1.807) is 30.4 Å². The number of urea groups is 1. The van der Waals surface area contributed by atoms with Gasteiger partial charge in [0.05, 0.1) is 25.8 Å². The van der Waals surface area contributed by atoms with Crippen LogP contribution in [0.2, 0.25) is 0 Å². The maximum absolute atomic E-state index is 16.3. The Morgan fingerprint density at radius 3 is 2.55 bits per heavy atom. The van der Waals surface area contributed by atoms with Crippen LogP contribution in [0.1, 0.15) is 39.5 Å². The average Bonchev–Trinajstić information content (AvgIpc) is 3.20. The van der Waals surface area contributed by atoms with Gasteiger partial charge in [0.25, 0.3) is 0 Å². The molecule has 3 heterocycles. The summed E-state index contributed by atoms with van der Waals surface area (Å²) in [6.45, 7) is 2.01. The zero-order valence-electron chi connectivity index (χ0n) is 23.5. The third kappa shape index (κ3) is 7.01. The summed E-state index contributed by atoms with van der Waals surface area (Å²) < 4.78 is 58.8. The Morgan fingerprint density at radius 1 is 1.12 bits per heavy atom. The topological polar surface area (TPSA) is 150 Å². The number of halogens is 1. The van der Waals surface area contributed by atoms with Crippen molar-refractivity contribution in [1.29, 1.82) is 0 Å². The minimum Gasteiger partial charge on any atom is -0.464 e. The molecule has 228 valence electrons. The van der Waals surface area contributed by atoms with E-state index in [1.807, 2.05) is 0 Å². The number of allylic oxidation sites excluding steroid dienone is 1. The van der Waals surface area contributed by atoms with Crippen molar-refractivity contribution in [3.05, 3.63) is 42.5 Å². The summed E-state index contributed by atoms with van der Waals surface area (Å²) in [4.78, 5) is 51.7. The van der Waals surface area contributed by atoms with Crippen LogP contribution in [0.15, 0.2) is 42.5 Å². The number of methoxy groups -OCH3 is 1. The largest absolute Gasteiger partial charge is 0.510 e. The molecule has 1 aromatic carbocycles. The number of nitrogens with one attached hydrogen (secondary N) is 1. The van der Waals surface area contributed by atoms with Gasteiger partial charge in [-0.15, -0.1) is 0 Å². The number of ether oxygens (including phenoxy) is 3. The van der Waals surface area contributed by atoms with Crippen LogP contribution in [0.3, 0.4) is 0 Å². The van der Waals surface area contributed by atoms with Crippen molar-refractivity contribution < 1.29 is 56.0 Å². The van der Waals surface area contributed by atoms with E-state index >= 15 is 4.39 Å². The Balaban J connectivity index is 1.66. The highest BCUT2D eigenvalue weighted by Gasteiger charge is 2.62. The second kappa shape index (κ2) is 13.3. The third-order valence-corrected chi connectivity index (χ3v) is 8.51. The molecule has 0 saturated carbocycles. The molecule has 0 aromatic heterocycles. The lowest BCUT2D eigenvalue weighted by Crippen LogP contribution is -2.57. The number of carbonyl (C=O) groups is 4. The molecule has 4 bridgehead atoms. The molecule has 3 aliphatic rings. The van der Waals surface area contributed by atoms with Crippen LogP contribution in [0.25, 0.3) is 0 Å². The Labute approximate surface area is 242 Å². The van der Waals surface area contributed by atoms with E-state index in [2.05, 4.69) is 5.09 Å². The summed E-state index contributed by atoms with van der Waals surface area (Å²) in [6, 6.07) is 5.89. The monoisotopic (exact) mass is 610 g/mol. The van der Waals surface area contributed by atoms with Gasteiger partial charge >= 0.3 is 31.6 Å². The van der Waals surface area contributed by atoms with E-state index in [-0.39, 0.29) is 31.6 Å². The number of cyclic esters (lactones) is 1. The number of hydrogen-bond acceptors (Lipinski definition) is 10. The van der Waals surface area contributed by atoms with Gasteiger partial charge in [-0.25, -0.2) is 18.5 Å². The molecule has 1 fully saturated rings. The number of imide groups is 3. The van der Waals surface area contributed by atoms with Gasteiger partial charge < -0.3 is 18.7 Å². The van der Waals surface area contributed by atoms with E-state index in [0.717, 1.165) is 17.7 Å². The van der Waals surface area contributed by atoms with E-state index in [0.29, 0.717) is 11.3 Å². The SMILES string of the molecule is CO[C@@H]1C2COP(=O)(Oc3ccccc3)N[C@@H](C)C(=O)OCCC=CCCC(=O)N3C(=O)CC=[N+](C3=O)C(O2)[C@]1(C)F. The van der Waals surface area contributed by atoms with E-state index in [4.69, 9.17) is 23.3 Å². The number of fused-ring (bicyclic) bond motifs is 5. The normalized spacial score (nSPS) is 33.6. The van der Waals surface area contributed by atoms with Crippen molar-refractivity contribution in [3.63, 3.8) is 0 Å². The van der Waals surface area contributed by atoms with E-state index in [1.165, 1.54) is 26.2 Å². The van der Waals surface area contributed by atoms with Gasteiger partial charge in [-0.3, -0.25) is 9.32 Å². The number of amides is 4. The lowest BCUT2D eigenvalue weighted by atomic mass is 9.98. The molecule has 42 heavy (non-hydrogen) atoms. The highest BCUT2D eigenvalue weighted by atomic mass is 31.2. The maximum atomic E-state index is 16.3. The van der Waals surface area contributed by atoms with Crippen molar-refractivity contribution in [1.82, 2.24) is 9.99 Å². The zero-order valence-corrected chi connectivity index (χ0v) is 24.4. The molecule has 0 spiro atoms. The molecule has 4 rings (SSSR count). The number of benzene rings is 1. The van der Waals surface area contributed by atoms with Gasteiger partial charge in [0.1, 0.15) is 30.4 Å². The molecule has 3 aliphatic heterocycles. The number of carbonyl (C=O) groups excluding carboxylic acids is 4. The molecule has 1 aromatic rings. The van der Waals surface area contributed by atoms with Gasteiger partial charge in [0.15, 0.2) is 0 Å². The van der Waals surface area contributed by atoms with Crippen molar-refractivity contribution in [2.24, 2.45) is 0 Å². The van der Waals surface area contributed by atoms with Crippen LogP contribution >= 0.6 is 7.75 Å². The average molecular weight is 611 g/mol. The summed E-state index contributed by atoms with van der Waals surface area (Å²) in [6.07, 6.45) is 0.335. The summed E-state index contributed by atoms with van der Waals surface area (Å²) in [5.74, 6) is -2.06. The third-order valence-electron chi connectivity index (χ3n) is 6.86. The first-order valence-electron chi connectivity index (χ1n) is 13.4. The number of nitrogens with zero attached hydrogens (tertiary/aromatic N) is 2. The molecule has 1 saturated heterocycles. The zero-order chi connectivity index (χ0) is 30.5. The van der Waals surface area contributed by atoms with Gasteiger partial charge in [-0.05, 0) is 38.8 Å². The Morgan fingerprint density at radius 2 is 1.83 bits per heavy atom. The Bertz CT molecular complexity index is 1300. The summed E-state index contributed by atoms with van der Waals surface area (Å²) >= 11 is 0. The lowest BCUT2D eigenvalue weighted by Gasteiger charge is -2.27. The first kappa shape index (κ1) is 31.6. The van der Waals surface area contributed by atoms with Crippen LogP contribution in [-0.4, -0.2) is 90.0 Å². The summed E-state index contributed by atoms with van der Waals surface area (Å²) in [5, 5.41) is 2.55. The molecule has 6 atom stereocenters.